The topological polar surface area (TPSA) is 117 Å². The maximum Gasteiger partial charge on any atom is 0.431 e. The summed E-state index contributed by atoms with van der Waals surface area (Å²) in [7, 11) is 3.06. The van der Waals surface area contributed by atoms with E-state index in [-0.39, 0.29) is 13.2 Å². The highest BCUT2D eigenvalue weighted by Crippen LogP contribution is 2.52. The predicted octanol–water partition coefficient (Wildman–Crippen LogP) is 9.30. The third-order valence-corrected chi connectivity index (χ3v) is 11.3. The molecule has 2 aliphatic rings. The van der Waals surface area contributed by atoms with Crippen molar-refractivity contribution in [3.8, 4) is 0 Å². The summed E-state index contributed by atoms with van der Waals surface area (Å²) in [6.07, 6.45) is -8.34. The van der Waals surface area contributed by atoms with Crippen molar-refractivity contribution in [1.29, 1.82) is 0 Å². The second-order valence-electron chi connectivity index (χ2n) is 15.0. The monoisotopic (exact) mass is 892 g/mol. The second-order valence-corrected chi connectivity index (χ2v) is 15.0. The van der Waals surface area contributed by atoms with Crippen molar-refractivity contribution in [3.63, 3.8) is 0 Å². The van der Waals surface area contributed by atoms with Crippen LogP contribution in [0.2, 0.25) is 0 Å². The van der Waals surface area contributed by atoms with E-state index in [2.05, 4.69) is 10.6 Å². The molecule has 6 rings (SSSR count). The van der Waals surface area contributed by atoms with Crippen LogP contribution in [0, 0.1) is 0 Å². The highest BCUT2D eigenvalue weighted by Gasteiger charge is 2.58. The summed E-state index contributed by atoms with van der Waals surface area (Å²) in [6.45, 7) is 6.50. The van der Waals surface area contributed by atoms with Gasteiger partial charge in [-0.1, -0.05) is 111 Å². The molecule has 2 N–H and O–H groups in total. The van der Waals surface area contributed by atoms with Gasteiger partial charge in [0.05, 0.1) is 25.4 Å². The van der Waals surface area contributed by atoms with E-state index in [0.717, 1.165) is 0 Å². The number of carbonyl (C=O) groups is 4. The Labute approximate surface area is 367 Å². The molecule has 0 fully saturated rings. The zero-order chi connectivity index (χ0) is 47.0. The van der Waals surface area contributed by atoms with Crippen LogP contribution in [-0.4, -0.2) is 63.4 Å². The molecule has 340 valence electrons. The molecule has 0 aromatic heterocycles. The Hall–Kier alpha value is -6.58. The Balaban J connectivity index is 0.000000241. The van der Waals surface area contributed by atoms with Gasteiger partial charge in [0, 0.05) is 48.4 Å². The number of rotatable bonds is 14. The van der Waals surface area contributed by atoms with E-state index < -0.39 is 70.4 Å². The number of halogens is 6. The van der Waals surface area contributed by atoms with Crippen LogP contribution in [0.1, 0.15) is 74.6 Å². The van der Waals surface area contributed by atoms with Crippen LogP contribution < -0.4 is 20.4 Å². The molecule has 0 spiro atoms. The number of hydrogen-bond acceptors (Lipinski definition) is 8. The predicted molar refractivity (Wildman–Crippen MR) is 230 cm³/mol. The normalized spacial score (nSPS) is 19.5. The number of nitrogens with one attached hydrogen (secondary N) is 2. The largest absolute Gasteiger partial charge is 0.463 e. The molecule has 4 aromatic rings. The minimum atomic E-state index is -4.91. The molecule has 0 unspecified atom stereocenters. The number of allylic oxidation sites excluding steroid dienone is 2. The minimum absolute atomic E-state index is 0.0717. The quantitative estimate of drug-likeness (QED) is 0.0732. The molecule has 0 saturated carbocycles. The zero-order valence-corrected chi connectivity index (χ0v) is 36.1. The van der Waals surface area contributed by atoms with E-state index in [4.69, 9.17) is 9.47 Å². The summed E-state index contributed by atoms with van der Waals surface area (Å²) in [5.74, 6) is -4.63. The number of ether oxygens (including phenoxy) is 2. The van der Waals surface area contributed by atoms with Gasteiger partial charge in [-0.2, -0.15) is 26.3 Å². The van der Waals surface area contributed by atoms with Crippen molar-refractivity contribution < 1.29 is 55.0 Å². The van der Waals surface area contributed by atoms with Crippen LogP contribution in [0.15, 0.2) is 133 Å². The van der Waals surface area contributed by atoms with Crippen LogP contribution in [0.5, 0.6) is 0 Å². The van der Waals surface area contributed by atoms with Gasteiger partial charge >= 0.3 is 24.3 Å². The fraction of sp³-hybridized carbons (Fsp3) is 0.333. The molecule has 64 heavy (non-hydrogen) atoms. The van der Waals surface area contributed by atoms with E-state index in [1.54, 1.807) is 109 Å². The SMILES string of the molecule is CCOC(=O)/C=C(\N[C@]1([C@@H](CC)c2ccccc2)C(=O)N(C)c2ccccc21)C(F)(F)F.CCOC(=O)/C=C(\N[C@]1([C@@H](CC)c2ccccc2)C(=O)N(C)c2ccccc21)C(F)(F)F. The first-order valence-electron chi connectivity index (χ1n) is 20.7. The fourth-order valence-corrected chi connectivity index (χ4v) is 8.63. The first-order valence-corrected chi connectivity index (χ1v) is 20.7. The molecule has 0 saturated heterocycles. The number of esters is 2. The van der Waals surface area contributed by atoms with E-state index in [0.29, 0.717) is 58.6 Å². The number of benzene rings is 4. The molecule has 10 nitrogen and oxygen atoms in total. The van der Waals surface area contributed by atoms with Crippen LogP contribution >= 0.6 is 0 Å². The third kappa shape index (κ3) is 9.50. The van der Waals surface area contributed by atoms with Crippen molar-refractivity contribution in [3.05, 3.63) is 155 Å². The lowest BCUT2D eigenvalue weighted by atomic mass is 9.73. The lowest BCUT2D eigenvalue weighted by Gasteiger charge is -2.39. The van der Waals surface area contributed by atoms with Gasteiger partial charge in [0.2, 0.25) is 0 Å². The maximum atomic E-state index is 14.1. The number of nitrogens with zero attached hydrogens (tertiary/aromatic N) is 2. The van der Waals surface area contributed by atoms with Gasteiger partial charge in [-0.05, 0) is 49.9 Å². The van der Waals surface area contributed by atoms with Gasteiger partial charge in [0.15, 0.2) is 11.1 Å². The fourth-order valence-electron chi connectivity index (χ4n) is 8.63. The molecular formula is C48H50F6N4O6. The smallest absolute Gasteiger partial charge is 0.431 e. The van der Waals surface area contributed by atoms with Crippen molar-refractivity contribution in [2.45, 2.75) is 75.8 Å². The Morgan fingerprint density at radius 3 is 1.17 bits per heavy atom. The van der Waals surface area contributed by atoms with Gasteiger partial charge in [-0.3, -0.25) is 9.59 Å². The summed E-state index contributed by atoms with van der Waals surface area (Å²) < 4.78 is 93.7. The number of anilines is 2. The van der Waals surface area contributed by atoms with Crippen molar-refractivity contribution in [2.75, 3.05) is 37.1 Å². The molecule has 4 aromatic carbocycles. The number of likely N-dealkylation sites (N-methyl/N-ethyl adjacent to an activating group) is 2. The first-order chi connectivity index (χ1) is 30.3. The van der Waals surface area contributed by atoms with Crippen LogP contribution in [0.3, 0.4) is 0 Å². The van der Waals surface area contributed by atoms with Gasteiger partial charge in [-0.15, -0.1) is 0 Å². The van der Waals surface area contributed by atoms with Crippen LogP contribution in [0.4, 0.5) is 37.7 Å². The lowest BCUT2D eigenvalue weighted by Crippen LogP contribution is -2.55. The number of alkyl halides is 6. The summed E-state index contributed by atoms with van der Waals surface area (Å²) in [4.78, 5) is 54.0. The Morgan fingerprint density at radius 2 is 0.875 bits per heavy atom. The first kappa shape index (κ1) is 48.5. The molecule has 2 amide bonds. The molecule has 4 atom stereocenters. The van der Waals surface area contributed by atoms with Crippen molar-refractivity contribution >= 4 is 35.1 Å². The summed E-state index contributed by atoms with van der Waals surface area (Å²) in [6, 6.07) is 31.3. The van der Waals surface area contributed by atoms with Crippen LogP contribution in [-0.2, 0) is 39.7 Å². The summed E-state index contributed by atoms with van der Waals surface area (Å²) >= 11 is 0. The van der Waals surface area contributed by atoms with E-state index in [1.807, 2.05) is 13.8 Å². The number of carbonyl (C=O) groups excluding carboxylic acids is 4. The number of fused-ring (bicyclic) bond motifs is 2. The average molecular weight is 893 g/mol. The van der Waals surface area contributed by atoms with E-state index >= 15 is 0 Å². The Kier molecular flexibility index (Phi) is 15.0. The minimum Gasteiger partial charge on any atom is -0.463 e. The highest BCUT2D eigenvalue weighted by molar-refractivity contribution is 6.09. The van der Waals surface area contributed by atoms with E-state index in [9.17, 15) is 45.5 Å². The highest BCUT2D eigenvalue weighted by atomic mass is 19.4. The molecule has 16 heteroatoms. The molecule has 0 aliphatic carbocycles. The standard InChI is InChI=1S/2C24H25F3N2O3/c2*1-4-17(16-11-7-6-8-12-16)23(18-13-9-10-14-19(18)29(3)22(23)31)28-20(24(25,26)27)15-21(30)32-5-2/h2*6-15,17,28H,4-5H2,1-3H3/b2*20-15-/t2*17-,23-/m00/s1. The number of amides is 2. The molecule has 2 heterocycles. The summed E-state index contributed by atoms with van der Waals surface area (Å²) in [5.41, 5.74) is -2.92. The Bertz CT molecular complexity index is 2210. The van der Waals surface area contributed by atoms with Gasteiger partial charge in [0.1, 0.15) is 11.4 Å². The number of para-hydroxylation sites is 2. The van der Waals surface area contributed by atoms with Gasteiger partial charge in [0.25, 0.3) is 11.8 Å². The molecule has 0 bridgehead atoms. The van der Waals surface area contributed by atoms with E-state index in [1.165, 1.54) is 37.7 Å². The molecule has 0 radical (unpaired) electrons. The van der Waals surface area contributed by atoms with Crippen molar-refractivity contribution in [2.24, 2.45) is 0 Å². The summed E-state index contributed by atoms with van der Waals surface area (Å²) in [5, 5.41) is 4.98. The second kappa shape index (κ2) is 19.9. The van der Waals surface area contributed by atoms with Crippen LogP contribution in [0.25, 0.3) is 0 Å². The maximum absolute atomic E-state index is 14.1. The van der Waals surface area contributed by atoms with Crippen molar-refractivity contribution in [1.82, 2.24) is 10.6 Å². The number of hydrogen-bond donors (Lipinski definition) is 2. The lowest BCUT2D eigenvalue weighted by molar-refractivity contribution is -0.139. The van der Waals surface area contributed by atoms with Gasteiger partial charge < -0.3 is 29.9 Å². The third-order valence-electron chi connectivity index (χ3n) is 11.3. The molecular weight excluding hydrogens is 843 g/mol. The zero-order valence-electron chi connectivity index (χ0n) is 36.1. The average Bonchev–Trinajstić information content (AvgIpc) is 3.60. The van der Waals surface area contributed by atoms with Gasteiger partial charge in [-0.25, -0.2) is 9.59 Å². The Morgan fingerprint density at radius 1 is 0.562 bits per heavy atom. The molecule has 2 aliphatic heterocycles.